The third-order valence-electron chi connectivity index (χ3n) is 8.34. The second-order valence-corrected chi connectivity index (χ2v) is 11.7. The van der Waals surface area contributed by atoms with Gasteiger partial charge in [-0.2, -0.15) is 13.2 Å². The summed E-state index contributed by atoms with van der Waals surface area (Å²) < 4.78 is 87.1. The van der Waals surface area contributed by atoms with Crippen molar-refractivity contribution in [3.8, 4) is 11.1 Å². The van der Waals surface area contributed by atoms with Gasteiger partial charge in [0.05, 0.1) is 22.5 Å². The summed E-state index contributed by atoms with van der Waals surface area (Å²) >= 11 is 0. The zero-order chi connectivity index (χ0) is 32.8. The molecule has 2 fully saturated rings. The number of nitrogens with zero attached hydrogens (tertiary/aromatic N) is 2. The lowest BCUT2D eigenvalue weighted by molar-refractivity contribution is -0.138. The summed E-state index contributed by atoms with van der Waals surface area (Å²) in [5.41, 5.74) is -4.95. The molecule has 2 unspecified atom stereocenters. The minimum absolute atomic E-state index is 0.0298. The number of piperazine rings is 1. The highest BCUT2D eigenvalue weighted by Crippen LogP contribution is 2.38. The fourth-order valence-electron chi connectivity index (χ4n) is 5.42. The molecule has 8 nitrogen and oxygen atoms in total. The number of alkyl halides is 3. The molecule has 0 spiro atoms. The highest BCUT2D eigenvalue weighted by molar-refractivity contribution is 6.07. The summed E-state index contributed by atoms with van der Waals surface area (Å²) in [5, 5.41) is 4.87. The van der Waals surface area contributed by atoms with Crippen LogP contribution < -0.4 is 21.1 Å². The van der Waals surface area contributed by atoms with Crippen molar-refractivity contribution in [1.29, 1.82) is 0 Å². The topological polar surface area (TPSA) is 97.5 Å². The van der Waals surface area contributed by atoms with Crippen molar-refractivity contribution >= 4 is 23.2 Å². The number of benzene rings is 2. The molecule has 2 aromatic carbocycles. The van der Waals surface area contributed by atoms with Crippen LogP contribution in [0.5, 0.6) is 0 Å². The molecule has 1 aliphatic heterocycles. The number of halogens is 6. The summed E-state index contributed by atoms with van der Waals surface area (Å²) in [5.74, 6) is -5.35. The van der Waals surface area contributed by atoms with Gasteiger partial charge < -0.3 is 20.5 Å². The molecule has 3 N–H and O–H groups in total. The normalized spacial score (nSPS) is 19.0. The smallest absolute Gasteiger partial charge is 0.367 e. The number of nitrogens with one attached hydrogen (secondary N) is 3. The molecule has 45 heavy (non-hydrogen) atoms. The van der Waals surface area contributed by atoms with Gasteiger partial charge in [0.15, 0.2) is 0 Å². The molecule has 5 rings (SSSR count). The molecule has 14 heteroatoms. The van der Waals surface area contributed by atoms with E-state index in [1.54, 1.807) is 4.90 Å². The number of likely N-dealkylation sites (N-methyl/N-ethyl adjacent to an activating group) is 1. The molecule has 1 saturated carbocycles. The van der Waals surface area contributed by atoms with E-state index in [2.05, 4.69) is 20.5 Å². The molecular formula is C31H31F6N5O3. The summed E-state index contributed by atoms with van der Waals surface area (Å²) in [6.45, 7) is 4.85. The molecule has 2 aliphatic rings. The van der Waals surface area contributed by atoms with Crippen molar-refractivity contribution < 1.29 is 35.9 Å². The standard InChI is InChI=1S/C31H31F6N5O3/c1-15-13-42(14-16(2)41(15)3)26-10-22(32)19(18-6-23(33)28(24(34)7-18)30(45)39-11-17-4-5-17)8-25(26)40-29(44)20-12-38-27(43)9-21(20)31(35,36)37/h6-10,12,15-17H,4-5,11,13-14H2,1-3H3,(H,38,43)(H,39,45)(H,40,44). The number of carbonyl (C=O) groups excluding carboxylic acids is 2. The van der Waals surface area contributed by atoms with E-state index in [1.807, 2.05) is 20.9 Å². The van der Waals surface area contributed by atoms with Crippen molar-refractivity contribution in [2.24, 2.45) is 5.92 Å². The van der Waals surface area contributed by atoms with Crippen molar-refractivity contribution in [3.63, 3.8) is 0 Å². The van der Waals surface area contributed by atoms with Crippen LogP contribution in [0.1, 0.15) is 53.0 Å². The quantitative estimate of drug-likeness (QED) is 0.303. The average molecular weight is 636 g/mol. The molecule has 2 atom stereocenters. The van der Waals surface area contributed by atoms with Gasteiger partial charge >= 0.3 is 6.18 Å². The van der Waals surface area contributed by atoms with Crippen LogP contribution in [-0.2, 0) is 6.18 Å². The Morgan fingerprint density at radius 2 is 1.56 bits per heavy atom. The van der Waals surface area contributed by atoms with E-state index >= 15 is 13.2 Å². The third-order valence-corrected chi connectivity index (χ3v) is 8.34. The SMILES string of the molecule is CC1CN(c2cc(F)c(-c3cc(F)c(C(=O)NCC4CC4)c(F)c3)cc2NC(=O)c2c[nH]c(=O)cc2C(F)(F)F)CC(C)N1C. The number of hydrogen-bond acceptors (Lipinski definition) is 5. The Morgan fingerprint density at radius 1 is 0.933 bits per heavy atom. The van der Waals surface area contributed by atoms with Gasteiger partial charge in [-0.1, -0.05) is 0 Å². The number of carbonyl (C=O) groups is 2. The summed E-state index contributed by atoms with van der Waals surface area (Å²) in [6.07, 6.45) is -2.60. The van der Waals surface area contributed by atoms with Crippen LogP contribution in [0.15, 0.2) is 41.3 Å². The van der Waals surface area contributed by atoms with Gasteiger partial charge in [-0.3, -0.25) is 19.3 Å². The number of hydrogen-bond donors (Lipinski definition) is 3. The highest BCUT2D eigenvalue weighted by atomic mass is 19.4. The molecule has 240 valence electrons. The Hall–Kier alpha value is -4.33. The maximum atomic E-state index is 15.7. The van der Waals surface area contributed by atoms with Crippen molar-refractivity contribution in [3.05, 3.63) is 81.0 Å². The molecule has 2 amide bonds. The van der Waals surface area contributed by atoms with E-state index in [0.717, 1.165) is 37.1 Å². The minimum Gasteiger partial charge on any atom is -0.367 e. The van der Waals surface area contributed by atoms with Crippen molar-refractivity contribution in [2.45, 2.75) is 44.9 Å². The van der Waals surface area contributed by atoms with Crippen LogP contribution in [0.2, 0.25) is 0 Å². The van der Waals surface area contributed by atoms with Crippen LogP contribution in [0.3, 0.4) is 0 Å². The number of aromatic nitrogens is 1. The van der Waals surface area contributed by atoms with Crippen LogP contribution in [-0.4, -0.2) is 60.5 Å². The predicted molar refractivity (Wildman–Crippen MR) is 156 cm³/mol. The van der Waals surface area contributed by atoms with E-state index in [4.69, 9.17) is 0 Å². The molecular weight excluding hydrogens is 604 g/mol. The molecule has 0 bridgehead atoms. The highest BCUT2D eigenvalue weighted by Gasteiger charge is 2.36. The van der Waals surface area contributed by atoms with Gasteiger partial charge in [0.25, 0.3) is 11.8 Å². The molecule has 1 aromatic heterocycles. The van der Waals surface area contributed by atoms with Gasteiger partial charge in [-0.15, -0.1) is 0 Å². The maximum absolute atomic E-state index is 15.7. The van der Waals surface area contributed by atoms with Gasteiger partial charge in [0, 0.05) is 49.5 Å². The lowest BCUT2D eigenvalue weighted by Crippen LogP contribution is -2.55. The van der Waals surface area contributed by atoms with Gasteiger partial charge in [0.2, 0.25) is 5.56 Å². The average Bonchev–Trinajstić information content (AvgIpc) is 3.79. The molecule has 1 saturated heterocycles. The fourth-order valence-corrected chi connectivity index (χ4v) is 5.42. The molecule has 1 aliphatic carbocycles. The van der Waals surface area contributed by atoms with E-state index in [1.165, 1.54) is 0 Å². The van der Waals surface area contributed by atoms with E-state index in [0.29, 0.717) is 19.3 Å². The first-order chi connectivity index (χ1) is 21.1. The largest absolute Gasteiger partial charge is 0.417 e. The number of pyridine rings is 1. The van der Waals surface area contributed by atoms with E-state index < -0.39 is 57.7 Å². The van der Waals surface area contributed by atoms with Gasteiger partial charge in [-0.25, -0.2) is 13.2 Å². The zero-order valence-electron chi connectivity index (χ0n) is 24.6. The molecule has 2 heterocycles. The monoisotopic (exact) mass is 635 g/mol. The summed E-state index contributed by atoms with van der Waals surface area (Å²) in [4.78, 5) is 43.2. The van der Waals surface area contributed by atoms with Crippen LogP contribution in [0, 0.1) is 23.4 Å². The first kappa shape index (κ1) is 32.1. The lowest BCUT2D eigenvalue weighted by atomic mass is 9.99. The molecule has 0 radical (unpaired) electrons. The molecule has 3 aromatic rings. The Balaban J connectivity index is 1.57. The Morgan fingerprint density at radius 3 is 2.13 bits per heavy atom. The summed E-state index contributed by atoms with van der Waals surface area (Å²) in [7, 11) is 1.91. The predicted octanol–water partition coefficient (Wildman–Crippen LogP) is 5.40. The first-order valence-electron chi connectivity index (χ1n) is 14.3. The van der Waals surface area contributed by atoms with Crippen molar-refractivity contribution in [2.75, 3.05) is 36.9 Å². The van der Waals surface area contributed by atoms with Crippen LogP contribution in [0.25, 0.3) is 11.1 Å². The number of amides is 2. The first-order valence-corrected chi connectivity index (χ1v) is 14.3. The van der Waals surface area contributed by atoms with Gasteiger partial charge in [-0.05, 0) is 69.5 Å². The zero-order valence-corrected chi connectivity index (χ0v) is 24.6. The van der Waals surface area contributed by atoms with E-state index in [-0.39, 0.29) is 53.1 Å². The van der Waals surface area contributed by atoms with Crippen LogP contribution >= 0.6 is 0 Å². The van der Waals surface area contributed by atoms with Crippen molar-refractivity contribution in [1.82, 2.24) is 15.2 Å². The van der Waals surface area contributed by atoms with E-state index in [9.17, 15) is 27.6 Å². The second kappa shape index (κ2) is 12.2. The second-order valence-electron chi connectivity index (χ2n) is 11.7. The number of rotatable bonds is 7. The maximum Gasteiger partial charge on any atom is 0.417 e. The van der Waals surface area contributed by atoms with Gasteiger partial charge in [0.1, 0.15) is 23.0 Å². The summed E-state index contributed by atoms with van der Waals surface area (Å²) in [6, 6.07) is 3.88. The lowest BCUT2D eigenvalue weighted by Gasteiger charge is -2.44. The Bertz CT molecular complexity index is 1670. The number of H-pyrrole nitrogens is 1. The fraction of sp³-hybridized carbons (Fsp3) is 0.387. The third kappa shape index (κ3) is 6.85. The number of anilines is 2. The van der Waals surface area contributed by atoms with Crippen LogP contribution in [0.4, 0.5) is 37.7 Å². The Labute approximate surface area is 254 Å². The minimum atomic E-state index is -5.04. The Kier molecular flexibility index (Phi) is 8.71. The number of aromatic amines is 1.